The number of aliphatic carboxylic acids is 1. The molecule has 0 saturated carbocycles. The van der Waals surface area contributed by atoms with Crippen LogP contribution in [0.2, 0.25) is 0 Å². The van der Waals surface area contributed by atoms with Crippen LogP contribution in [0.3, 0.4) is 0 Å². The van der Waals surface area contributed by atoms with Gasteiger partial charge in [-0.1, -0.05) is 5.21 Å². The average molecular weight is 356 g/mol. The summed E-state index contributed by atoms with van der Waals surface area (Å²) in [5.41, 5.74) is 1.20. The molecule has 9 nitrogen and oxygen atoms in total. The number of carboxylic acids is 1. The molecule has 0 saturated heterocycles. The Bertz CT molecular complexity index is 687. The van der Waals surface area contributed by atoms with E-state index in [9.17, 15) is 14.9 Å². The van der Waals surface area contributed by atoms with Gasteiger partial charge in [-0.05, 0) is 22.0 Å². The predicted molar refractivity (Wildman–Crippen MR) is 75.8 cm³/mol. The van der Waals surface area contributed by atoms with E-state index in [1.807, 2.05) is 0 Å². The van der Waals surface area contributed by atoms with Crippen LogP contribution >= 0.6 is 15.9 Å². The molecule has 0 amide bonds. The summed E-state index contributed by atoms with van der Waals surface area (Å²) in [6, 6.07) is 4.35. The number of hydrogen-bond donors (Lipinski definition) is 2. The highest BCUT2D eigenvalue weighted by molar-refractivity contribution is 9.10. The Balaban J connectivity index is 2.01. The van der Waals surface area contributed by atoms with Crippen LogP contribution in [0.15, 0.2) is 28.9 Å². The number of nitro groups is 1. The van der Waals surface area contributed by atoms with Gasteiger partial charge in [-0.3, -0.25) is 14.9 Å². The van der Waals surface area contributed by atoms with Gasteiger partial charge in [0.15, 0.2) is 0 Å². The van der Waals surface area contributed by atoms with Crippen LogP contribution in [0, 0.1) is 10.1 Å². The molecule has 21 heavy (non-hydrogen) atoms. The van der Waals surface area contributed by atoms with Crippen molar-refractivity contribution < 1.29 is 14.8 Å². The topological polar surface area (TPSA) is 123 Å². The molecule has 10 heteroatoms. The van der Waals surface area contributed by atoms with E-state index >= 15 is 0 Å². The Morgan fingerprint density at radius 1 is 1.52 bits per heavy atom. The van der Waals surface area contributed by atoms with Crippen molar-refractivity contribution in [1.82, 2.24) is 15.0 Å². The minimum absolute atomic E-state index is 0.0140. The Labute approximate surface area is 126 Å². The van der Waals surface area contributed by atoms with Gasteiger partial charge in [0.25, 0.3) is 5.69 Å². The maximum Gasteiger partial charge on any atom is 0.325 e. The number of anilines is 1. The van der Waals surface area contributed by atoms with Gasteiger partial charge >= 0.3 is 5.97 Å². The molecule has 1 aromatic carbocycles. The van der Waals surface area contributed by atoms with Crippen molar-refractivity contribution in [3.8, 4) is 0 Å². The maximum atomic E-state index is 10.6. The Morgan fingerprint density at radius 2 is 2.29 bits per heavy atom. The van der Waals surface area contributed by atoms with Gasteiger partial charge in [0, 0.05) is 22.3 Å². The van der Waals surface area contributed by atoms with E-state index in [1.54, 1.807) is 6.07 Å². The van der Waals surface area contributed by atoms with E-state index < -0.39 is 10.9 Å². The van der Waals surface area contributed by atoms with E-state index in [2.05, 4.69) is 31.6 Å². The summed E-state index contributed by atoms with van der Waals surface area (Å²) >= 11 is 3.24. The third kappa shape index (κ3) is 3.99. The summed E-state index contributed by atoms with van der Waals surface area (Å²) in [6.07, 6.45) is 1.51. The third-order valence-electron chi connectivity index (χ3n) is 2.51. The van der Waals surface area contributed by atoms with Crippen molar-refractivity contribution in [2.75, 3.05) is 5.32 Å². The van der Waals surface area contributed by atoms with Crippen LogP contribution in [0.4, 0.5) is 11.4 Å². The fraction of sp³-hybridized carbons (Fsp3) is 0.182. The second-order valence-corrected chi connectivity index (χ2v) is 4.93. The molecule has 1 heterocycles. The molecule has 0 radical (unpaired) electrons. The first-order valence-electron chi connectivity index (χ1n) is 5.74. The first-order chi connectivity index (χ1) is 9.95. The third-order valence-corrected chi connectivity index (χ3v) is 3.16. The second kappa shape index (κ2) is 6.31. The summed E-state index contributed by atoms with van der Waals surface area (Å²) in [4.78, 5) is 20.7. The molecule has 2 aromatic rings. The minimum Gasteiger partial charge on any atom is -0.480 e. The van der Waals surface area contributed by atoms with Crippen molar-refractivity contribution in [3.05, 3.63) is 44.7 Å². The molecule has 2 rings (SSSR count). The van der Waals surface area contributed by atoms with E-state index in [0.717, 1.165) is 0 Å². The van der Waals surface area contributed by atoms with E-state index in [4.69, 9.17) is 5.11 Å². The molecule has 0 unspecified atom stereocenters. The molecule has 0 aliphatic rings. The summed E-state index contributed by atoms with van der Waals surface area (Å²) in [5, 5.41) is 29.8. The molecule has 0 bridgehead atoms. The lowest BCUT2D eigenvalue weighted by atomic mass is 10.3. The quantitative estimate of drug-likeness (QED) is 0.596. The number of carbonyl (C=O) groups is 1. The smallest absolute Gasteiger partial charge is 0.325 e. The summed E-state index contributed by atoms with van der Waals surface area (Å²) in [6.45, 7) is 0.0598. The molecule has 0 atom stereocenters. The zero-order valence-corrected chi connectivity index (χ0v) is 12.1. The van der Waals surface area contributed by atoms with Crippen molar-refractivity contribution >= 4 is 33.3 Å². The number of benzene rings is 1. The molecule has 0 fully saturated rings. The Morgan fingerprint density at radius 3 is 2.90 bits per heavy atom. The van der Waals surface area contributed by atoms with Crippen molar-refractivity contribution in [2.45, 2.75) is 13.1 Å². The van der Waals surface area contributed by atoms with Crippen molar-refractivity contribution in [1.29, 1.82) is 0 Å². The van der Waals surface area contributed by atoms with Crippen LogP contribution < -0.4 is 5.32 Å². The molecule has 0 aliphatic carbocycles. The lowest BCUT2D eigenvalue weighted by Crippen LogP contribution is -2.09. The first kappa shape index (κ1) is 14.9. The molecule has 0 aliphatic heterocycles. The largest absolute Gasteiger partial charge is 0.480 e. The summed E-state index contributed by atoms with van der Waals surface area (Å²) < 4.78 is 1.76. The fourth-order valence-corrected chi connectivity index (χ4v) is 2.09. The monoisotopic (exact) mass is 355 g/mol. The number of nitrogens with one attached hydrogen (secondary N) is 1. The molecule has 2 N–H and O–H groups in total. The number of halogens is 1. The number of nitro benzene ring substituents is 1. The van der Waals surface area contributed by atoms with Gasteiger partial charge in [0.05, 0.1) is 17.7 Å². The highest BCUT2D eigenvalue weighted by atomic mass is 79.9. The van der Waals surface area contributed by atoms with Crippen LogP contribution in [-0.4, -0.2) is 31.0 Å². The summed E-state index contributed by atoms with van der Waals surface area (Å²) in [7, 11) is 0. The number of carboxylic acid groups (broad SMARTS) is 1. The van der Waals surface area contributed by atoms with Gasteiger partial charge in [-0.25, -0.2) is 4.68 Å². The van der Waals surface area contributed by atoms with Crippen LogP contribution in [0.25, 0.3) is 0 Å². The Hall–Kier alpha value is -2.49. The van der Waals surface area contributed by atoms with Crippen LogP contribution in [0.5, 0.6) is 0 Å². The predicted octanol–water partition coefficient (Wildman–Crippen LogP) is 1.65. The zero-order chi connectivity index (χ0) is 15.4. The minimum atomic E-state index is -1.00. The van der Waals surface area contributed by atoms with E-state index in [0.29, 0.717) is 22.4 Å². The first-order valence-corrected chi connectivity index (χ1v) is 6.53. The standard InChI is InChI=1S/C11H10BrN5O4/c12-9-3-8(17(20)21)1-2-10(9)13-4-7-5-16(15-14-7)6-11(18)19/h1-3,5,13H,4,6H2,(H,18,19). The van der Waals surface area contributed by atoms with Crippen LogP contribution in [0.1, 0.15) is 5.69 Å². The van der Waals surface area contributed by atoms with Gasteiger partial charge in [0.1, 0.15) is 12.2 Å². The fourth-order valence-electron chi connectivity index (χ4n) is 1.58. The van der Waals surface area contributed by atoms with Crippen LogP contribution in [-0.2, 0) is 17.9 Å². The number of hydrogen-bond acceptors (Lipinski definition) is 6. The maximum absolute atomic E-state index is 10.6. The highest BCUT2D eigenvalue weighted by Crippen LogP contribution is 2.27. The zero-order valence-electron chi connectivity index (χ0n) is 10.6. The number of aromatic nitrogens is 3. The normalized spacial score (nSPS) is 10.3. The summed E-state index contributed by atoms with van der Waals surface area (Å²) in [5.74, 6) is -1.00. The molecule has 110 valence electrons. The van der Waals surface area contributed by atoms with Gasteiger partial charge in [-0.2, -0.15) is 0 Å². The van der Waals surface area contributed by atoms with Gasteiger partial charge < -0.3 is 10.4 Å². The number of non-ortho nitro benzene ring substituents is 1. The lowest BCUT2D eigenvalue weighted by Gasteiger charge is -2.06. The molecular weight excluding hydrogens is 346 g/mol. The SMILES string of the molecule is O=C(O)Cn1cc(CNc2ccc([N+](=O)[O-])cc2Br)nn1. The van der Waals surface area contributed by atoms with Gasteiger partial charge in [-0.15, -0.1) is 5.10 Å². The van der Waals surface area contributed by atoms with E-state index in [-0.39, 0.29) is 12.2 Å². The average Bonchev–Trinajstić information content (AvgIpc) is 2.83. The molecular formula is C11H10BrN5O4. The van der Waals surface area contributed by atoms with Crippen molar-refractivity contribution in [3.63, 3.8) is 0 Å². The number of rotatable bonds is 6. The second-order valence-electron chi connectivity index (χ2n) is 4.08. The Kier molecular flexibility index (Phi) is 4.48. The molecule has 0 spiro atoms. The highest BCUT2D eigenvalue weighted by Gasteiger charge is 2.10. The van der Waals surface area contributed by atoms with Gasteiger partial charge in [0.2, 0.25) is 0 Å². The molecule has 1 aromatic heterocycles. The van der Waals surface area contributed by atoms with E-state index in [1.165, 1.54) is 23.0 Å². The number of nitrogens with zero attached hydrogens (tertiary/aromatic N) is 4. The van der Waals surface area contributed by atoms with Crippen molar-refractivity contribution in [2.24, 2.45) is 0 Å². The lowest BCUT2D eigenvalue weighted by molar-refractivity contribution is -0.384.